The number of esters is 1. The standard InChI is InChI=1S/C15H14O5/c1-3-19-11-6-4-10(5-7-11)13-8-12(16)14(20-13)9-15(17)18-2/h4-9H,3H2,1-2H3/b14-9+. The quantitative estimate of drug-likeness (QED) is 0.621. The third kappa shape index (κ3) is 3.06. The number of ether oxygens (including phenoxy) is 3. The van der Waals surface area contributed by atoms with Crippen LogP contribution in [0.3, 0.4) is 0 Å². The van der Waals surface area contributed by atoms with Gasteiger partial charge < -0.3 is 14.2 Å². The molecule has 0 saturated heterocycles. The average molecular weight is 274 g/mol. The predicted octanol–water partition coefficient (Wildman–Crippen LogP) is 2.08. The van der Waals surface area contributed by atoms with Crippen molar-refractivity contribution in [2.45, 2.75) is 6.92 Å². The number of rotatable bonds is 4. The van der Waals surface area contributed by atoms with E-state index >= 15 is 0 Å². The molecule has 20 heavy (non-hydrogen) atoms. The van der Waals surface area contributed by atoms with Gasteiger partial charge in [-0.25, -0.2) is 4.79 Å². The Bertz CT molecular complexity index is 581. The fourth-order valence-electron chi connectivity index (χ4n) is 1.68. The van der Waals surface area contributed by atoms with Gasteiger partial charge in [-0.15, -0.1) is 0 Å². The zero-order chi connectivity index (χ0) is 14.5. The minimum absolute atomic E-state index is 0.0410. The van der Waals surface area contributed by atoms with Crippen molar-refractivity contribution in [1.29, 1.82) is 0 Å². The Balaban J connectivity index is 2.15. The van der Waals surface area contributed by atoms with Gasteiger partial charge in [0, 0.05) is 11.6 Å². The van der Waals surface area contributed by atoms with Gasteiger partial charge in [0.2, 0.25) is 5.78 Å². The fraction of sp³-hybridized carbons (Fsp3) is 0.200. The fourth-order valence-corrected chi connectivity index (χ4v) is 1.68. The third-order valence-corrected chi connectivity index (χ3v) is 2.62. The van der Waals surface area contributed by atoms with Crippen LogP contribution in [0.2, 0.25) is 0 Å². The van der Waals surface area contributed by atoms with Gasteiger partial charge in [0.1, 0.15) is 11.5 Å². The lowest BCUT2D eigenvalue weighted by Crippen LogP contribution is -2.01. The molecule has 0 aromatic heterocycles. The Labute approximate surface area is 116 Å². The van der Waals surface area contributed by atoms with E-state index in [0.29, 0.717) is 12.4 Å². The van der Waals surface area contributed by atoms with Gasteiger partial charge >= 0.3 is 5.97 Å². The Morgan fingerprint density at radius 2 is 2.00 bits per heavy atom. The normalized spacial score (nSPS) is 15.8. The van der Waals surface area contributed by atoms with Crippen molar-refractivity contribution in [2.24, 2.45) is 0 Å². The molecule has 0 bridgehead atoms. The van der Waals surface area contributed by atoms with E-state index < -0.39 is 5.97 Å². The molecule has 0 saturated carbocycles. The van der Waals surface area contributed by atoms with E-state index in [4.69, 9.17) is 9.47 Å². The molecule has 0 atom stereocenters. The molecule has 0 N–H and O–H groups in total. The summed E-state index contributed by atoms with van der Waals surface area (Å²) in [5.74, 6) is 0.106. The third-order valence-electron chi connectivity index (χ3n) is 2.62. The Morgan fingerprint density at radius 3 is 2.60 bits per heavy atom. The van der Waals surface area contributed by atoms with Gasteiger partial charge in [0.25, 0.3) is 0 Å². The smallest absolute Gasteiger partial charge is 0.334 e. The number of carbonyl (C=O) groups is 2. The van der Waals surface area contributed by atoms with Gasteiger partial charge in [-0.05, 0) is 31.2 Å². The van der Waals surface area contributed by atoms with Crippen molar-refractivity contribution in [3.05, 3.63) is 47.7 Å². The molecule has 0 unspecified atom stereocenters. The minimum Gasteiger partial charge on any atom is -0.494 e. The molecule has 0 aliphatic carbocycles. The summed E-state index contributed by atoms with van der Waals surface area (Å²) >= 11 is 0. The molecule has 1 aromatic rings. The molecule has 104 valence electrons. The van der Waals surface area contributed by atoms with Crippen LogP contribution in [0.1, 0.15) is 12.5 Å². The van der Waals surface area contributed by atoms with Crippen molar-refractivity contribution < 1.29 is 23.8 Å². The Kier molecular flexibility index (Phi) is 4.20. The molecule has 1 aromatic carbocycles. The average Bonchev–Trinajstić information content (AvgIpc) is 2.81. The second-order valence-electron chi connectivity index (χ2n) is 3.96. The highest BCUT2D eigenvalue weighted by Gasteiger charge is 2.23. The lowest BCUT2D eigenvalue weighted by molar-refractivity contribution is -0.135. The minimum atomic E-state index is -0.630. The summed E-state index contributed by atoms with van der Waals surface area (Å²) in [6.07, 6.45) is 2.37. The molecular formula is C15H14O5. The maximum Gasteiger partial charge on any atom is 0.334 e. The van der Waals surface area contributed by atoms with E-state index in [1.807, 2.05) is 6.92 Å². The van der Waals surface area contributed by atoms with Crippen LogP contribution in [0, 0.1) is 0 Å². The number of ketones is 1. The molecule has 1 aliphatic rings. The van der Waals surface area contributed by atoms with Crippen molar-refractivity contribution >= 4 is 17.5 Å². The largest absolute Gasteiger partial charge is 0.494 e. The van der Waals surface area contributed by atoms with Crippen LogP contribution in [-0.2, 0) is 19.1 Å². The van der Waals surface area contributed by atoms with Gasteiger partial charge in [-0.2, -0.15) is 0 Å². The first-order valence-electron chi connectivity index (χ1n) is 6.10. The van der Waals surface area contributed by atoms with Crippen LogP contribution >= 0.6 is 0 Å². The zero-order valence-corrected chi connectivity index (χ0v) is 11.2. The summed E-state index contributed by atoms with van der Waals surface area (Å²) in [5.41, 5.74) is 0.732. The number of methoxy groups -OCH3 is 1. The summed E-state index contributed by atoms with van der Waals surface area (Å²) in [4.78, 5) is 22.8. The highest BCUT2D eigenvalue weighted by Crippen LogP contribution is 2.27. The summed E-state index contributed by atoms with van der Waals surface area (Å²) in [5, 5.41) is 0. The summed E-state index contributed by atoms with van der Waals surface area (Å²) in [6.45, 7) is 2.49. The number of allylic oxidation sites excluding steroid dienone is 1. The van der Waals surface area contributed by atoms with Gasteiger partial charge in [0.15, 0.2) is 5.76 Å². The maximum absolute atomic E-state index is 11.7. The van der Waals surface area contributed by atoms with E-state index in [9.17, 15) is 9.59 Å². The lowest BCUT2D eigenvalue weighted by atomic mass is 10.1. The first kappa shape index (κ1) is 13.9. The number of benzene rings is 1. The Morgan fingerprint density at radius 1 is 1.30 bits per heavy atom. The summed E-state index contributed by atoms with van der Waals surface area (Å²) in [6, 6.07) is 7.14. The molecule has 0 radical (unpaired) electrons. The van der Waals surface area contributed by atoms with Crippen molar-refractivity contribution in [2.75, 3.05) is 13.7 Å². The molecule has 2 rings (SSSR count). The maximum atomic E-state index is 11.7. The molecule has 0 fully saturated rings. The SMILES string of the molecule is CCOc1ccc(C2=CC(=O)/C(=C\C(=O)OC)O2)cc1. The highest BCUT2D eigenvalue weighted by molar-refractivity contribution is 6.12. The molecule has 0 amide bonds. The topological polar surface area (TPSA) is 61.8 Å². The van der Waals surface area contributed by atoms with Crippen molar-refractivity contribution in [1.82, 2.24) is 0 Å². The molecule has 5 heteroatoms. The van der Waals surface area contributed by atoms with Crippen LogP contribution in [-0.4, -0.2) is 25.5 Å². The van der Waals surface area contributed by atoms with Crippen molar-refractivity contribution in [3.63, 3.8) is 0 Å². The number of hydrogen-bond donors (Lipinski definition) is 0. The molecule has 0 spiro atoms. The second-order valence-corrected chi connectivity index (χ2v) is 3.96. The van der Waals surface area contributed by atoms with Gasteiger partial charge in [0.05, 0.1) is 19.8 Å². The van der Waals surface area contributed by atoms with E-state index in [0.717, 1.165) is 17.4 Å². The van der Waals surface area contributed by atoms with Gasteiger partial charge in [-0.3, -0.25) is 4.79 Å². The van der Waals surface area contributed by atoms with Crippen LogP contribution in [0.25, 0.3) is 5.76 Å². The van der Waals surface area contributed by atoms with E-state index in [2.05, 4.69) is 4.74 Å². The zero-order valence-electron chi connectivity index (χ0n) is 11.2. The summed E-state index contributed by atoms with van der Waals surface area (Å²) in [7, 11) is 1.24. The predicted molar refractivity (Wildman–Crippen MR) is 71.8 cm³/mol. The lowest BCUT2D eigenvalue weighted by Gasteiger charge is -2.06. The van der Waals surface area contributed by atoms with Crippen LogP contribution in [0.15, 0.2) is 42.2 Å². The molecule has 1 aliphatic heterocycles. The van der Waals surface area contributed by atoms with Crippen LogP contribution < -0.4 is 4.74 Å². The van der Waals surface area contributed by atoms with Crippen LogP contribution in [0.4, 0.5) is 0 Å². The monoisotopic (exact) mass is 274 g/mol. The number of carbonyl (C=O) groups excluding carboxylic acids is 2. The second kappa shape index (κ2) is 6.06. The van der Waals surface area contributed by atoms with E-state index in [1.165, 1.54) is 13.2 Å². The highest BCUT2D eigenvalue weighted by atomic mass is 16.5. The number of hydrogen-bond acceptors (Lipinski definition) is 5. The Hall–Kier alpha value is -2.56. The summed E-state index contributed by atoms with van der Waals surface area (Å²) < 4.78 is 15.2. The van der Waals surface area contributed by atoms with E-state index in [1.54, 1.807) is 24.3 Å². The molecule has 1 heterocycles. The molecule has 5 nitrogen and oxygen atoms in total. The first-order chi connectivity index (χ1) is 9.63. The van der Waals surface area contributed by atoms with Crippen LogP contribution in [0.5, 0.6) is 5.75 Å². The molecular weight excluding hydrogens is 260 g/mol. The first-order valence-corrected chi connectivity index (χ1v) is 6.10. The van der Waals surface area contributed by atoms with E-state index in [-0.39, 0.29) is 11.5 Å². The van der Waals surface area contributed by atoms with Gasteiger partial charge in [-0.1, -0.05) is 0 Å². The van der Waals surface area contributed by atoms with Crippen molar-refractivity contribution in [3.8, 4) is 5.75 Å².